The first-order valence-electron chi connectivity index (χ1n) is 5.92. The Morgan fingerprint density at radius 2 is 2.16 bits per heavy atom. The summed E-state index contributed by atoms with van der Waals surface area (Å²) in [7, 11) is 4.07. The van der Waals surface area contributed by atoms with E-state index in [1.807, 2.05) is 32.3 Å². The lowest BCUT2D eigenvalue weighted by Gasteiger charge is -2.22. The molecule has 2 aromatic heterocycles. The van der Waals surface area contributed by atoms with Crippen LogP contribution in [0.25, 0.3) is 0 Å². The zero-order valence-electron chi connectivity index (χ0n) is 10.8. The summed E-state index contributed by atoms with van der Waals surface area (Å²) in [5.74, 6) is 1.84. The summed E-state index contributed by atoms with van der Waals surface area (Å²) >= 11 is 6.73. The largest absolute Gasteiger partial charge is 0.468 e. The molecule has 0 spiro atoms. The molecule has 2 aromatic rings. The second kappa shape index (κ2) is 6.74. The molecule has 0 amide bonds. The van der Waals surface area contributed by atoms with Crippen LogP contribution in [0.4, 0.5) is 0 Å². The predicted molar refractivity (Wildman–Crippen MR) is 81.0 cm³/mol. The lowest BCUT2D eigenvalue weighted by Crippen LogP contribution is -2.30. The van der Waals surface area contributed by atoms with Crippen molar-refractivity contribution < 1.29 is 8.83 Å². The summed E-state index contributed by atoms with van der Waals surface area (Å²) in [5.41, 5.74) is 0. The van der Waals surface area contributed by atoms with Crippen molar-refractivity contribution in [2.75, 3.05) is 20.6 Å². The van der Waals surface area contributed by atoms with Crippen molar-refractivity contribution in [2.24, 2.45) is 0 Å². The number of hydrogen-bond donors (Lipinski definition) is 1. The van der Waals surface area contributed by atoms with Crippen molar-refractivity contribution in [3.8, 4) is 0 Å². The fourth-order valence-corrected chi connectivity index (χ4v) is 2.49. The first-order chi connectivity index (χ1) is 9.08. The van der Waals surface area contributed by atoms with Gasteiger partial charge >= 0.3 is 0 Å². The molecular formula is C13H16Br2N2O2. The topological polar surface area (TPSA) is 41.5 Å². The molecule has 1 unspecified atom stereocenters. The summed E-state index contributed by atoms with van der Waals surface area (Å²) in [6.07, 6.45) is 1.70. The molecular weight excluding hydrogens is 376 g/mol. The van der Waals surface area contributed by atoms with E-state index in [2.05, 4.69) is 42.1 Å². The Labute approximate surface area is 129 Å². The van der Waals surface area contributed by atoms with Gasteiger partial charge in [-0.1, -0.05) is 0 Å². The van der Waals surface area contributed by atoms with E-state index in [1.54, 1.807) is 6.26 Å². The van der Waals surface area contributed by atoms with Crippen molar-refractivity contribution in [1.29, 1.82) is 0 Å². The summed E-state index contributed by atoms with van der Waals surface area (Å²) in [6.45, 7) is 1.46. The third-order valence-corrected chi connectivity index (χ3v) is 4.54. The molecule has 0 saturated carbocycles. The van der Waals surface area contributed by atoms with Gasteiger partial charge in [0.05, 0.1) is 23.3 Å². The van der Waals surface area contributed by atoms with Crippen LogP contribution in [-0.4, -0.2) is 25.5 Å². The average molecular weight is 392 g/mol. The minimum Gasteiger partial charge on any atom is -0.468 e. The van der Waals surface area contributed by atoms with Gasteiger partial charge in [-0.2, -0.15) is 0 Å². The zero-order valence-corrected chi connectivity index (χ0v) is 14.0. The Balaban J connectivity index is 1.89. The molecule has 1 atom stereocenters. The highest BCUT2D eigenvalue weighted by Gasteiger charge is 2.16. The molecule has 19 heavy (non-hydrogen) atoms. The minimum absolute atomic E-state index is 0.205. The third-order valence-electron chi connectivity index (χ3n) is 2.83. The van der Waals surface area contributed by atoms with E-state index >= 15 is 0 Å². The second-order valence-corrected chi connectivity index (χ2v) is 6.03. The van der Waals surface area contributed by atoms with Crippen LogP contribution in [0, 0.1) is 0 Å². The van der Waals surface area contributed by atoms with Gasteiger partial charge in [-0.05, 0) is 64.2 Å². The molecule has 2 heterocycles. The molecule has 6 heteroatoms. The molecule has 0 aromatic carbocycles. The van der Waals surface area contributed by atoms with Gasteiger partial charge in [-0.25, -0.2) is 0 Å². The number of nitrogens with zero attached hydrogens (tertiary/aromatic N) is 1. The first-order valence-corrected chi connectivity index (χ1v) is 7.50. The molecule has 0 bridgehead atoms. The van der Waals surface area contributed by atoms with Gasteiger partial charge in [0.2, 0.25) is 0 Å². The van der Waals surface area contributed by atoms with Gasteiger partial charge in [0.15, 0.2) is 4.67 Å². The molecule has 104 valence electrons. The number of halogens is 2. The standard InChI is InChI=1S/C13H16Br2N2O2/c1-17(2)11(12-4-3-5-18-12)8-16-7-9-6-10(14)13(15)19-9/h3-6,11,16H,7-8H2,1-2H3. The monoisotopic (exact) mass is 390 g/mol. The normalized spacial score (nSPS) is 13.1. The van der Waals surface area contributed by atoms with E-state index in [4.69, 9.17) is 8.83 Å². The number of nitrogens with one attached hydrogen (secondary N) is 1. The zero-order chi connectivity index (χ0) is 13.8. The van der Waals surface area contributed by atoms with Crippen molar-refractivity contribution in [1.82, 2.24) is 10.2 Å². The van der Waals surface area contributed by atoms with E-state index in [0.29, 0.717) is 6.54 Å². The molecule has 0 radical (unpaired) electrons. The van der Waals surface area contributed by atoms with Crippen molar-refractivity contribution in [3.05, 3.63) is 45.1 Å². The summed E-state index contributed by atoms with van der Waals surface area (Å²) in [5, 5.41) is 3.37. The van der Waals surface area contributed by atoms with Gasteiger partial charge in [-0.15, -0.1) is 0 Å². The van der Waals surface area contributed by atoms with Crippen LogP contribution in [0.3, 0.4) is 0 Å². The fraction of sp³-hybridized carbons (Fsp3) is 0.385. The smallest absolute Gasteiger partial charge is 0.183 e. The maximum Gasteiger partial charge on any atom is 0.183 e. The van der Waals surface area contributed by atoms with E-state index in [1.165, 1.54) is 0 Å². The summed E-state index contributed by atoms with van der Waals surface area (Å²) in [4.78, 5) is 2.12. The van der Waals surface area contributed by atoms with E-state index in [9.17, 15) is 0 Å². The van der Waals surface area contributed by atoms with Crippen molar-refractivity contribution >= 4 is 31.9 Å². The van der Waals surface area contributed by atoms with Crippen molar-refractivity contribution in [3.63, 3.8) is 0 Å². The van der Waals surface area contributed by atoms with Crippen LogP contribution in [0.1, 0.15) is 17.6 Å². The molecule has 0 aliphatic carbocycles. The van der Waals surface area contributed by atoms with Crippen LogP contribution in [0.15, 0.2) is 42.4 Å². The predicted octanol–water partition coefficient (Wildman–Crippen LogP) is 3.79. The van der Waals surface area contributed by atoms with Crippen LogP contribution < -0.4 is 5.32 Å². The van der Waals surface area contributed by atoms with E-state index in [-0.39, 0.29) is 6.04 Å². The quantitative estimate of drug-likeness (QED) is 0.813. The summed E-state index contributed by atoms with van der Waals surface area (Å²) < 4.78 is 12.6. The third kappa shape index (κ3) is 3.95. The number of hydrogen-bond acceptors (Lipinski definition) is 4. The van der Waals surface area contributed by atoms with Crippen molar-refractivity contribution in [2.45, 2.75) is 12.6 Å². The lowest BCUT2D eigenvalue weighted by molar-refractivity contribution is 0.248. The summed E-state index contributed by atoms with van der Waals surface area (Å²) in [6, 6.07) is 6.06. The molecule has 1 N–H and O–H groups in total. The molecule has 0 saturated heterocycles. The Hall–Kier alpha value is -0.560. The van der Waals surface area contributed by atoms with Gasteiger partial charge in [0.1, 0.15) is 11.5 Å². The Morgan fingerprint density at radius 1 is 1.37 bits per heavy atom. The van der Waals surface area contributed by atoms with E-state index in [0.717, 1.165) is 27.2 Å². The molecule has 0 aliphatic heterocycles. The average Bonchev–Trinajstić information content (AvgIpc) is 2.96. The fourth-order valence-electron chi connectivity index (χ4n) is 1.83. The highest BCUT2D eigenvalue weighted by atomic mass is 79.9. The van der Waals surface area contributed by atoms with Gasteiger partial charge in [0.25, 0.3) is 0 Å². The van der Waals surface area contributed by atoms with Crippen LogP contribution in [0.5, 0.6) is 0 Å². The Bertz CT molecular complexity index is 489. The number of likely N-dealkylation sites (N-methyl/N-ethyl adjacent to an activating group) is 1. The minimum atomic E-state index is 0.205. The van der Waals surface area contributed by atoms with Gasteiger partial charge in [-0.3, -0.25) is 4.90 Å². The highest BCUT2D eigenvalue weighted by molar-refractivity contribution is 9.13. The maximum absolute atomic E-state index is 5.52. The molecule has 0 aliphatic rings. The van der Waals surface area contributed by atoms with Crippen LogP contribution >= 0.6 is 31.9 Å². The molecule has 2 rings (SSSR count). The lowest BCUT2D eigenvalue weighted by atomic mass is 10.2. The van der Waals surface area contributed by atoms with Crippen LogP contribution in [-0.2, 0) is 6.54 Å². The van der Waals surface area contributed by atoms with Crippen LogP contribution in [0.2, 0.25) is 0 Å². The van der Waals surface area contributed by atoms with Gasteiger partial charge in [0, 0.05) is 6.54 Å². The van der Waals surface area contributed by atoms with Gasteiger partial charge < -0.3 is 14.2 Å². The Morgan fingerprint density at radius 3 is 2.68 bits per heavy atom. The first kappa shape index (κ1) is 14.8. The Kier molecular flexibility index (Phi) is 5.27. The molecule has 0 fully saturated rings. The van der Waals surface area contributed by atoms with E-state index < -0.39 is 0 Å². The number of furan rings is 2. The second-order valence-electron chi connectivity index (χ2n) is 4.46. The molecule has 4 nitrogen and oxygen atoms in total. The number of rotatable bonds is 6. The highest BCUT2D eigenvalue weighted by Crippen LogP contribution is 2.26. The SMILES string of the molecule is CN(C)C(CNCc1cc(Br)c(Br)o1)c1ccco1. The maximum atomic E-state index is 5.52.